The second kappa shape index (κ2) is 8.62. The molecule has 6 heteroatoms. The molecule has 0 saturated carbocycles. The minimum Gasteiger partial charge on any atom is -0.496 e. The van der Waals surface area contributed by atoms with Gasteiger partial charge in [0.05, 0.1) is 44.0 Å². The molecule has 0 aliphatic carbocycles. The maximum absolute atomic E-state index is 13.3. The Morgan fingerprint density at radius 2 is 1.93 bits per heavy atom. The number of likely N-dealkylation sites (tertiary alicyclic amines) is 1. The van der Waals surface area contributed by atoms with Crippen LogP contribution in [0.3, 0.4) is 0 Å². The van der Waals surface area contributed by atoms with Gasteiger partial charge in [-0.05, 0) is 36.8 Å². The number of methoxy groups -OCH3 is 1. The summed E-state index contributed by atoms with van der Waals surface area (Å²) in [5.41, 5.74) is 3.76. The van der Waals surface area contributed by atoms with E-state index < -0.39 is 0 Å². The summed E-state index contributed by atoms with van der Waals surface area (Å²) in [7, 11) is 3.83. The van der Waals surface area contributed by atoms with Crippen LogP contribution in [0.5, 0.6) is 5.75 Å². The van der Waals surface area contributed by atoms with Crippen molar-refractivity contribution in [3.63, 3.8) is 0 Å². The molecule has 156 valence electrons. The van der Waals surface area contributed by atoms with Gasteiger partial charge in [0.15, 0.2) is 0 Å². The van der Waals surface area contributed by atoms with Crippen molar-refractivity contribution in [2.24, 2.45) is 0 Å². The molecule has 1 aromatic heterocycles. The smallest absolute Gasteiger partial charge is 0.252 e. The highest BCUT2D eigenvalue weighted by molar-refractivity contribution is 6.32. The van der Waals surface area contributed by atoms with Crippen LogP contribution in [-0.2, 0) is 0 Å². The summed E-state index contributed by atoms with van der Waals surface area (Å²) in [6, 6.07) is 13.5. The fraction of sp³-hybridized carbons (Fsp3) is 0.333. The Labute approximate surface area is 182 Å². The van der Waals surface area contributed by atoms with Crippen molar-refractivity contribution in [2.75, 3.05) is 27.2 Å². The van der Waals surface area contributed by atoms with Crippen LogP contribution in [-0.4, -0.2) is 44.2 Å². The topological polar surface area (TPSA) is 55.7 Å². The summed E-state index contributed by atoms with van der Waals surface area (Å²) in [4.78, 5) is 19.7. The maximum Gasteiger partial charge on any atom is 0.252 e. The SMILES string of the molecule is COc1ccccc1-c1cc(C(=O)NC2CC[NH+](C)CC2)c2ccc(Cl)c(C)c2n1. The van der Waals surface area contributed by atoms with Crippen molar-refractivity contribution < 1.29 is 14.4 Å². The van der Waals surface area contributed by atoms with Gasteiger partial charge in [-0.15, -0.1) is 0 Å². The number of carbonyl (C=O) groups excluding carboxylic acids is 1. The molecule has 1 saturated heterocycles. The second-order valence-electron chi connectivity index (χ2n) is 8.03. The van der Waals surface area contributed by atoms with Crippen molar-refractivity contribution in [1.82, 2.24) is 10.3 Å². The first kappa shape index (κ1) is 20.6. The number of fused-ring (bicyclic) bond motifs is 1. The fourth-order valence-corrected chi connectivity index (χ4v) is 4.26. The van der Waals surface area contributed by atoms with Crippen LogP contribution < -0.4 is 15.0 Å². The molecule has 2 heterocycles. The second-order valence-corrected chi connectivity index (χ2v) is 8.44. The van der Waals surface area contributed by atoms with Crippen molar-refractivity contribution >= 4 is 28.4 Å². The molecule has 5 nitrogen and oxygen atoms in total. The van der Waals surface area contributed by atoms with E-state index in [9.17, 15) is 4.79 Å². The number of amides is 1. The summed E-state index contributed by atoms with van der Waals surface area (Å²) in [5.74, 6) is 0.651. The van der Waals surface area contributed by atoms with Gasteiger partial charge in [0, 0.05) is 34.9 Å². The highest BCUT2D eigenvalue weighted by Gasteiger charge is 2.23. The van der Waals surface area contributed by atoms with Crippen molar-refractivity contribution in [3.8, 4) is 17.0 Å². The van der Waals surface area contributed by atoms with Gasteiger partial charge in [0.1, 0.15) is 5.75 Å². The first-order chi connectivity index (χ1) is 14.5. The summed E-state index contributed by atoms with van der Waals surface area (Å²) >= 11 is 6.38. The lowest BCUT2D eigenvalue weighted by atomic mass is 9.99. The molecule has 2 N–H and O–H groups in total. The maximum atomic E-state index is 13.3. The average Bonchev–Trinajstić information content (AvgIpc) is 2.77. The predicted octanol–water partition coefficient (Wildman–Crippen LogP) is 3.28. The molecule has 0 bridgehead atoms. The van der Waals surface area contributed by atoms with Crippen LogP contribution in [0.2, 0.25) is 5.02 Å². The molecule has 0 spiro atoms. The van der Waals surface area contributed by atoms with E-state index in [-0.39, 0.29) is 11.9 Å². The standard InChI is InChI=1S/C24H26ClN3O2/c1-15-20(25)9-8-17-19(24(29)26-16-10-12-28(2)13-11-16)14-21(27-23(15)17)18-6-4-5-7-22(18)30-3/h4-9,14,16H,10-13H2,1-3H3,(H,26,29)/p+1. The van der Waals surface area contributed by atoms with Crippen LogP contribution in [0.15, 0.2) is 42.5 Å². The summed E-state index contributed by atoms with van der Waals surface area (Å²) in [5, 5.41) is 4.69. The minimum atomic E-state index is -0.0650. The zero-order chi connectivity index (χ0) is 21.3. The Kier molecular flexibility index (Phi) is 5.93. The van der Waals surface area contributed by atoms with Crippen LogP contribution in [0.25, 0.3) is 22.2 Å². The highest BCUT2D eigenvalue weighted by atomic mass is 35.5. The van der Waals surface area contributed by atoms with E-state index in [1.165, 1.54) is 4.90 Å². The first-order valence-electron chi connectivity index (χ1n) is 10.3. The Hall–Kier alpha value is -2.63. The highest BCUT2D eigenvalue weighted by Crippen LogP contribution is 2.33. The number of hydrogen-bond donors (Lipinski definition) is 2. The third-order valence-corrected chi connectivity index (χ3v) is 6.38. The minimum absolute atomic E-state index is 0.0650. The van der Waals surface area contributed by atoms with Gasteiger partial charge in [-0.3, -0.25) is 4.79 Å². The molecule has 1 aliphatic heterocycles. The number of aryl methyl sites for hydroxylation is 1. The zero-order valence-corrected chi connectivity index (χ0v) is 18.3. The number of halogens is 1. The number of quaternary nitrogens is 1. The van der Waals surface area contributed by atoms with Crippen LogP contribution in [0, 0.1) is 6.92 Å². The molecular weight excluding hydrogens is 398 g/mol. The van der Waals surface area contributed by atoms with Crippen LogP contribution in [0.1, 0.15) is 28.8 Å². The molecule has 1 fully saturated rings. The van der Waals surface area contributed by atoms with Gasteiger partial charge in [-0.25, -0.2) is 4.98 Å². The van der Waals surface area contributed by atoms with Gasteiger partial charge >= 0.3 is 0 Å². The summed E-state index contributed by atoms with van der Waals surface area (Å²) in [6.07, 6.45) is 1.98. The van der Waals surface area contributed by atoms with E-state index in [0.29, 0.717) is 22.0 Å². The number of aromatic nitrogens is 1. The number of carbonyl (C=O) groups is 1. The van der Waals surface area contributed by atoms with E-state index in [2.05, 4.69) is 12.4 Å². The number of hydrogen-bond acceptors (Lipinski definition) is 3. The van der Waals surface area contributed by atoms with E-state index in [1.807, 2.05) is 49.4 Å². The third kappa shape index (κ3) is 4.00. The van der Waals surface area contributed by atoms with Crippen LogP contribution >= 0.6 is 11.6 Å². The van der Waals surface area contributed by atoms with E-state index in [1.54, 1.807) is 7.11 Å². The Balaban J connectivity index is 1.81. The molecule has 2 aromatic carbocycles. The number of nitrogens with zero attached hydrogens (tertiary/aromatic N) is 1. The number of rotatable bonds is 4. The number of para-hydroxylation sites is 1. The van der Waals surface area contributed by atoms with Crippen molar-refractivity contribution in [1.29, 1.82) is 0 Å². The van der Waals surface area contributed by atoms with Gasteiger partial charge in [-0.1, -0.05) is 29.8 Å². The van der Waals surface area contributed by atoms with Gasteiger partial charge in [0.2, 0.25) is 0 Å². The molecule has 30 heavy (non-hydrogen) atoms. The number of nitrogens with one attached hydrogen (secondary N) is 2. The molecule has 0 unspecified atom stereocenters. The third-order valence-electron chi connectivity index (χ3n) is 5.97. The molecule has 1 amide bonds. The molecular formula is C24H27ClN3O2+. The quantitative estimate of drug-likeness (QED) is 0.675. The average molecular weight is 425 g/mol. The lowest BCUT2D eigenvalue weighted by Crippen LogP contribution is -3.10. The van der Waals surface area contributed by atoms with Crippen LogP contribution in [0.4, 0.5) is 0 Å². The summed E-state index contributed by atoms with van der Waals surface area (Å²) in [6.45, 7) is 4.08. The fourth-order valence-electron chi connectivity index (χ4n) is 4.10. The molecule has 1 aliphatic rings. The Morgan fingerprint density at radius 3 is 2.67 bits per heavy atom. The first-order valence-corrected chi connectivity index (χ1v) is 10.7. The zero-order valence-electron chi connectivity index (χ0n) is 17.6. The lowest BCUT2D eigenvalue weighted by Gasteiger charge is -2.27. The molecule has 0 radical (unpaired) electrons. The number of pyridine rings is 1. The van der Waals surface area contributed by atoms with E-state index in [4.69, 9.17) is 21.3 Å². The van der Waals surface area contributed by atoms with Crippen molar-refractivity contribution in [3.05, 3.63) is 58.6 Å². The molecule has 4 rings (SSSR count). The number of ether oxygens (including phenoxy) is 1. The Morgan fingerprint density at radius 1 is 1.20 bits per heavy atom. The van der Waals surface area contributed by atoms with E-state index >= 15 is 0 Å². The lowest BCUT2D eigenvalue weighted by molar-refractivity contribution is -0.884. The largest absolute Gasteiger partial charge is 0.496 e. The normalized spacial score (nSPS) is 18.9. The van der Waals surface area contributed by atoms with Gasteiger partial charge < -0.3 is 15.0 Å². The predicted molar refractivity (Wildman–Crippen MR) is 121 cm³/mol. The monoisotopic (exact) mass is 424 g/mol. The van der Waals surface area contributed by atoms with Gasteiger partial charge in [-0.2, -0.15) is 0 Å². The van der Waals surface area contributed by atoms with E-state index in [0.717, 1.165) is 48.0 Å². The summed E-state index contributed by atoms with van der Waals surface area (Å²) < 4.78 is 5.53. The number of benzene rings is 2. The Bertz CT molecular complexity index is 1090. The van der Waals surface area contributed by atoms with Gasteiger partial charge in [0.25, 0.3) is 5.91 Å². The van der Waals surface area contributed by atoms with Crippen molar-refractivity contribution in [2.45, 2.75) is 25.8 Å². The molecule has 3 aromatic rings. The molecule has 0 atom stereocenters. The number of piperidine rings is 1.